The highest BCUT2D eigenvalue weighted by molar-refractivity contribution is 7.79. The van der Waals surface area contributed by atoms with Gasteiger partial charge in [0.1, 0.15) is 0 Å². The highest BCUT2D eigenvalue weighted by Gasteiger charge is 2.26. The van der Waals surface area contributed by atoms with Crippen molar-refractivity contribution in [2.24, 2.45) is 0 Å². The zero-order chi connectivity index (χ0) is 28.9. The summed E-state index contributed by atoms with van der Waals surface area (Å²) in [6.45, 7) is 0. The molecule has 1 aromatic heterocycles. The number of hydrogen-bond donors (Lipinski definition) is 0. The van der Waals surface area contributed by atoms with E-state index in [9.17, 15) is 10.5 Å². The summed E-state index contributed by atoms with van der Waals surface area (Å²) in [7, 11) is -0.880. The predicted molar refractivity (Wildman–Crippen MR) is 175 cm³/mol. The van der Waals surface area contributed by atoms with Crippen LogP contribution in [0.5, 0.6) is 0 Å². The van der Waals surface area contributed by atoms with Gasteiger partial charge in [-0.3, -0.25) is 0 Å². The Morgan fingerprint density at radius 3 is 1.49 bits per heavy atom. The average Bonchev–Trinajstić information content (AvgIpc) is 3.38. The van der Waals surface area contributed by atoms with E-state index in [1.807, 2.05) is 72.8 Å². The molecule has 8 rings (SSSR count). The molecular formula is C38H21N4P. The van der Waals surface area contributed by atoms with Gasteiger partial charge in [0.2, 0.25) is 0 Å². The molecule has 4 nitrogen and oxygen atoms in total. The number of rotatable bonds is 4. The maximum Gasteiger partial charge on any atom is 0.0991 e. The third-order valence-corrected chi connectivity index (χ3v) is 10.5. The normalized spacial score (nSPS) is 11.4. The van der Waals surface area contributed by atoms with Gasteiger partial charge >= 0.3 is 0 Å². The molecule has 0 amide bonds. The Balaban J connectivity index is 1.23. The summed E-state index contributed by atoms with van der Waals surface area (Å²) in [4.78, 5) is 10.0. The zero-order valence-electron chi connectivity index (χ0n) is 22.9. The van der Waals surface area contributed by atoms with E-state index >= 15 is 0 Å². The van der Waals surface area contributed by atoms with Crippen molar-refractivity contribution < 1.29 is 0 Å². The third kappa shape index (κ3) is 4.09. The molecule has 0 saturated heterocycles. The van der Waals surface area contributed by atoms with Crippen LogP contribution >= 0.6 is 7.92 Å². The molecule has 1 aliphatic rings. The molecule has 1 aliphatic carbocycles. The van der Waals surface area contributed by atoms with Crippen molar-refractivity contribution in [3.05, 3.63) is 139 Å². The minimum absolute atomic E-state index is 0.640. The smallest absolute Gasteiger partial charge is 0.0991 e. The van der Waals surface area contributed by atoms with E-state index in [0.29, 0.717) is 11.1 Å². The van der Waals surface area contributed by atoms with E-state index in [1.54, 1.807) is 0 Å². The lowest BCUT2D eigenvalue weighted by atomic mass is 9.95. The fourth-order valence-corrected chi connectivity index (χ4v) is 8.27. The van der Waals surface area contributed by atoms with Crippen molar-refractivity contribution in [2.75, 3.05) is 0 Å². The maximum absolute atomic E-state index is 9.32. The van der Waals surface area contributed by atoms with Crippen LogP contribution in [0.1, 0.15) is 11.1 Å². The van der Waals surface area contributed by atoms with Crippen molar-refractivity contribution in [3.8, 4) is 45.8 Å². The van der Waals surface area contributed by atoms with Crippen LogP contribution in [0, 0.1) is 22.7 Å². The average molecular weight is 565 g/mol. The Labute approximate surface area is 249 Å². The van der Waals surface area contributed by atoms with Crippen molar-refractivity contribution in [3.63, 3.8) is 0 Å². The zero-order valence-corrected chi connectivity index (χ0v) is 23.8. The maximum atomic E-state index is 9.32. The van der Waals surface area contributed by atoms with Crippen LogP contribution in [0.25, 0.3) is 55.4 Å². The number of nitrogens with zero attached hydrogens (tertiary/aromatic N) is 4. The predicted octanol–water partition coefficient (Wildman–Crippen LogP) is 7.60. The molecule has 1 heterocycles. The highest BCUT2D eigenvalue weighted by atomic mass is 31.1. The molecule has 0 atom stereocenters. The monoisotopic (exact) mass is 564 g/mol. The molecule has 0 spiro atoms. The molecule has 0 unspecified atom stereocenters. The number of benzene rings is 6. The van der Waals surface area contributed by atoms with Gasteiger partial charge in [-0.05, 0) is 76.7 Å². The van der Waals surface area contributed by atoms with Gasteiger partial charge in [-0.15, -0.1) is 0 Å². The first-order valence-corrected chi connectivity index (χ1v) is 15.3. The number of nitriles is 2. The van der Waals surface area contributed by atoms with Gasteiger partial charge in [-0.1, -0.05) is 91.0 Å². The SMILES string of the molecule is N#Cc1ccc(P(c2ccc(C#N)cc2)c2ccc(-c3ccc4c5c(cccc35)-c3nc5ccccc5nc3-4)cc2)cc1. The lowest BCUT2D eigenvalue weighted by Crippen LogP contribution is -2.20. The van der Waals surface area contributed by atoms with Gasteiger partial charge in [-0.2, -0.15) is 10.5 Å². The molecule has 0 saturated carbocycles. The molecule has 43 heavy (non-hydrogen) atoms. The largest absolute Gasteiger partial charge is 0.244 e. The third-order valence-electron chi connectivity index (χ3n) is 8.07. The van der Waals surface area contributed by atoms with Crippen LogP contribution in [0.15, 0.2) is 127 Å². The van der Waals surface area contributed by atoms with Crippen LogP contribution < -0.4 is 15.9 Å². The van der Waals surface area contributed by atoms with Crippen molar-refractivity contribution >= 4 is 45.6 Å². The van der Waals surface area contributed by atoms with Gasteiger partial charge < -0.3 is 0 Å². The van der Waals surface area contributed by atoms with E-state index < -0.39 is 7.92 Å². The molecule has 0 fully saturated rings. The number of hydrogen-bond acceptors (Lipinski definition) is 4. The van der Waals surface area contributed by atoms with E-state index in [4.69, 9.17) is 9.97 Å². The number of para-hydroxylation sites is 2. The first-order chi connectivity index (χ1) is 21.2. The van der Waals surface area contributed by atoms with Gasteiger partial charge in [0.15, 0.2) is 0 Å². The lowest BCUT2D eigenvalue weighted by Gasteiger charge is -2.20. The molecule has 0 N–H and O–H groups in total. The molecule has 6 aromatic carbocycles. The van der Waals surface area contributed by atoms with E-state index in [2.05, 4.69) is 66.7 Å². The summed E-state index contributed by atoms with van der Waals surface area (Å²) < 4.78 is 0. The van der Waals surface area contributed by atoms with Crippen LogP contribution in [-0.4, -0.2) is 9.97 Å². The Morgan fingerprint density at radius 1 is 0.465 bits per heavy atom. The summed E-state index contributed by atoms with van der Waals surface area (Å²) in [6.07, 6.45) is 0. The quantitative estimate of drug-likeness (QED) is 0.206. The topological polar surface area (TPSA) is 73.4 Å². The van der Waals surface area contributed by atoms with Gasteiger partial charge in [0, 0.05) is 16.5 Å². The van der Waals surface area contributed by atoms with Crippen molar-refractivity contribution in [1.29, 1.82) is 10.5 Å². The Morgan fingerprint density at radius 2 is 0.953 bits per heavy atom. The van der Waals surface area contributed by atoms with Gasteiger partial charge in [0.05, 0.1) is 45.7 Å². The number of aromatic nitrogens is 2. The van der Waals surface area contributed by atoms with Crippen molar-refractivity contribution in [2.45, 2.75) is 0 Å². The first-order valence-electron chi connectivity index (χ1n) is 14.0. The second-order valence-corrected chi connectivity index (χ2v) is 12.7. The summed E-state index contributed by atoms with van der Waals surface area (Å²) in [5, 5.41) is 24.5. The molecule has 0 radical (unpaired) electrons. The fourth-order valence-electron chi connectivity index (χ4n) is 6.04. The molecule has 198 valence electrons. The summed E-state index contributed by atoms with van der Waals surface area (Å²) in [5.74, 6) is 0. The van der Waals surface area contributed by atoms with Crippen LogP contribution in [0.3, 0.4) is 0 Å². The van der Waals surface area contributed by atoms with Crippen LogP contribution in [0.4, 0.5) is 0 Å². The molecule has 0 bridgehead atoms. The molecule has 0 aliphatic heterocycles. The molecular weight excluding hydrogens is 543 g/mol. The highest BCUT2D eigenvalue weighted by Crippen LogP contribution is 2.48. The van der Waals surface area contributed by atoms with Gasteiger partial charge in [-0.25, -0.2) is 9.97 Å². The Bertz CT molecular complexity index is 2190. The minimum Gasteiger partial charge on any atom is -0.244 e. The summed E-state index contributed by atoms with van der Waals surface area (Å²) in [6, 6.07) is 47.8. The second-order valence-electron chi connectivity index (χ2n) is 10.5. The summed E-state index contributed by atoms with van der Waals surface area (Å²) >= 11 is 0. The second kappa shape index (κ2) is 10.0. The molecule has 7 aromatic rings. The van der Waals surface area contributed by atoms with Crippen molar-refractivity contribution in [1.82, 2.24) is 9.97 Å². The van der Waals surface area contributed by atoms with E-state index in [0.717, 1.165) is 49.7 Å². The standard InChI is InChI=1S/C38H21N4P/c39-22-24-8-14-27(15-9-24)43(28-16-10-25(23-40)11-17-28)29-18-12-26(13-19-29)30-20-21-33-36-31(30)4-3-5-32(36)37-38(33)42-35-7-2-1-6-34(35)41-37/h1-21H. The Hall–Kier alpha value is -5.67. The first kappa shape index (κ1) is 25.1. The molecule has 5 heteroatoms. The fraction of sp³-hybridized carbons (Fsp3) is 0. The van der Waals surface area contributed by atoms with E-state index in [1.165, 1.54) is 21.6 Å². The Kier molecular flexibility index (Phi) is 5.83. The van der Waals surface area contributed by atoms with Gasteiger partial charge in [0.25, 0.3) is 0 Å². The number of fused-ring (bicyclic) bond motifs is 4. The minimum atomic E-state index is -0.880. The van der Waals surface area contributed by atoms with Crippen LogP contribution in [-0.2, 0) is 0 Å². The summed E-state index contributed by atoms with van der Waals surface area (Å²) in [5.41, 5.74) is 9.56. The van der Waals surface area contributed by atoms with Crippen LogP contribution in [0.2, 0.25) is 0 Å². The van der Waals surface area contributed by atoms with E-state index in [-0.39, 0.29) is 0 Å². The lowest BCUT2D eigenvalue weighted by molar-refractivity contribution is 1.32.